The molecular formula is C16H16O4. The number of hydrogen-bond donors (Lipinski definition) is 1. The van der Waals surface area contributed by atoms with E-state index in [1.807, 2.05) is 43.3 Å². The molecule has 0 saturated heterocycles. The third kappa shape index (κ3) is 3.36. The fourth-order valence-electron chi connectivity index (χ4n) is 1.92. The summed E-state index contributed by atoms with van der Waals surface area (Å²) in [5, 5.41) is 10.8. The summed E-state index contributed by atoms with van der Waals surface area (Å²) in [7, 11) is 0. The highest BCUT2D eigenvalue weighted by Gasteiger charge is 2.06. The molecule has 0 fully saturated rings. The van der Waals surface area contributed by atoms with Crippen LogP contribution in [0.25, 0.3) is 16.8 Å². The normalized spacial score (nSPS) is 11.1. The standard InChI is InChI=1S/C16H16O4/c1-2-19-11-20-15-9-7-12-5-3-4-6-13(12)14(15)8-10-16(17)18/h3-10H,2,11H2,1H3,(H,17,18). The molecule has 0 spiro atoms. The van der Waals surface area contributed by atoms with E-state index < -0.39 is 5.97 Å². The molecule has 0 saturated carbocycles. The third-order valence-electron chi connectivity index (χ3n) is 2.83. The quantitative estimate of drug-likeness (QED) is 0.498. The Kier molecular flexibility index (Phi) is 4.74. The summed E-state index contributed by atoms with van der Waals surface area (Å²) in [5.41, 5.74) is 0.741. The number of rotatable bonds is 6. The molecule has 2 rings (SSSR count). The maximum atomic E-state index is 10.7. The molecule has 4 heteroatoms. The smallest absolute Gasteiger partial charge is 0.328 e. The molecule has 0 aliphatic rings. The van der Waals surface area contributed by atoms with Crippen molar-refractivity contribution in [2.24, 2.45) is 0 Å². The minimum Gasteiger partial charge on any atom is -0.478 e. The second-order valence-electron chi connectivity index (χ2n) is 4.13. The van der Waals surface area contributed by atoms with Crippen molar-refractivity contribution in [3.63, 3.8) is 0 Å². The zero-order valence-electron chi connectivity index (χ0n) is 11.2. The molecule has 0 heterocycles. The first-order valence-corrected chi connectivity index (χ1v) is 6.35. The number of carboxylic acid groups (broad SMARTS) is 1. The molecule has 0 aliphatic heterocycles. The number of hydrogen-bond acceptors (Lipinski definition) is 3. The minimum atomic E-state index is -0.992. The Bertz CT molecular complexity index is 631. The molecule has 1 N–H and O–H groups in total. The van der Waals surface area contributed by atoms with Gasteiger partial charge in [-0.1, -0.05) is 30.3 Å². The predicted octanol–water partition coefficient (Wildman–Crippen LogP) is 3.31. The molecule has 0 bridgehead atoms. The Labute approximate surface area is 117 Å². The number of ether oxygens (including phenoxy) is 2. The van der Waals surface area contributed by atoms with Gasteiger partial charge in [-0.2, -0.15) is 0 Å². The number of benzene rings is 2. The Morgan fingerprint density at radius 2 is 2.05 bits per heavy atom. The molecule has 0 aliphatic carbocycles. The summed E-state index contributed by atoms with van der Waals surface area (Å²) in [5.74, 6) is -0.386. The largest absolute Gasteiger partial charge is 0.478 e. The van der Waals surface area contributed by atoms with Crippen LogP contribution < -0.4 is 4.74 Å². The zero-order chi connectivity index (χ0) is 14.4. The lowest BCUT2D eigenvalue weighted by Gasteiger charge is -2.11. The Morgan fingerprint density at radius 1 is 1.25 bits per heavy atom. The van der Waals surface area contributed by atoms with Crippen LogP contribution in [0.15, 0.2) is 42.5 Å². The van der Waals surface area contributed by atoms with Gasteiger partial charge in [0.15, 0.2) is 6.79 Å². The molecule has 2 aromatic carbocycles. The molecule has 0 unspecified atom stereocenters. The van der Waals surface area contributed by atoms with Crippen molar-refractivity contribution in [1.82, 2.24) is 0 Å². The van der Waals surface area contributed by atoms with Gasteiger partial charge in [-0.15, -0.1) is 0 Å². The van der Waals surface area contributed by atoms with Crippen LogP contribution in [0.2, 0.25) is 0 Å². The maximum Gasteiger partial charge on any atom is 0.328 e. The molecule has 2 aromatic rings. The predicted molar refractivity (Wildman–Crippen MR) is 77.7 cm³/mol. The van der Waals surface area contributed by atoms with Crippen molar-refractivity contribution in [2.75, 3.05) is 13.4 Å². The van der Waals surface area contributed by atoms with Crippen LogP contribution in [-0.4, -0.2) is 24.5 Å². The van der Waals surface area contributed by atoms with Crippen LogP contribution in [0.3, 0.4) is 0 Å². The van der Waals surface area contributed by atoms with Crippen molar-refractivity contribution in [3.8, 4) is 5.75 Å². The first-order chi connectivity index (χ1) is 9.72. The molecule has 4 nitrogen and oxygen atoms in total. The first-order valence-electron chi connectivity index (χ1n) is 6.35. The highest BCUT2D eigenvalue weighted by Crippen LogP contribution is 2.29. The van der Waals surface area contributed by atoms with E-state index in [0.29, 0.717) is 12.4 Å². The van der Waals surface area contributed by atoms with Gasteiger partial charge in [0.25, 0.3) is 0 Å². The molecule has 104 valence electrons. The van der Waals surface area contributed by atoms with Crippen molar-refractivity contribution in [2.45, 2.75) is 6.92 Å². The van der Waals surface area contributed by atoms with Gasteiger partial charge in [0.05, 0.1) is 0 Å². The van der Waals surface area contributed by atoms with Crippen molar-refractivity contribution < 1.29 is 19.4 Å². The van der Waals surface area contributed by atoms with Crippen molar-refractivity contribution in [1.29, 1.82) is 0 Å². The SMILES string of the molecule is CCOCOc1ccc2ccccc2c1C=CC(=O)O. The highest BCUT2D eigenvalue weighted by atomic mass is 16.7. The van der Waals surface area contributed by atoms with Crippen LogP contribution in [-0.2, 0) is 9.53 Å². The van der Waals surface area contributed by atoms with E-state index in [1.165, 1.54) is 0 Å². The highest BCUT2D eigenvalue weighted by molar-refractivity contribution is 5.96. The number of carboxylic acids is 1. The third-order valence-corrected chi connectivity index (χ3v) is 2.83. The van der Waals surface area contributed by atoms with Crippen LogP contribution in [0.1, 0.15) is 12.5 Å². The van der Waals surface area contributed by atoms with Gasteiger partial charge in [0.2, 0.25) is 0 Å². The number of carbonyl (C=O) groups is 1. The summed E-state index contributed by atoms with van der Waals surface area (Å²) in [6.07, 6.45) is 2.65. The fourth-order valence-corrected chi connectivity index (χ4v) is 1.92. The monoisotopic (exact) mass is 272 g/mol. The Balaban J connectivity index is 2.44. The average molecular weight is 272 g/mol. The van der Waals surface area contributed by atoms with Gasteiger partial charge in [0.1, 0.15) is 5.75 Å². The maximum absolute atomic E-state index is 10.7. The van der Waals surface area contributed by atoms with Crippen LogP contribution >= 0.6 is 0 Å². The van der Waals surface area contributed by atoms with E-state index in [2.05, 4.69) is 0 Å². The Hall–Kier alpha value is -2.33. The average Bonchev–Trinajstić information content (AvgIpc) is 2.45. The van der Waals surface area contributed by atoms with E-state index >= 15 is 0 Å². The van der Waals surface area contributed by atoms with Gasteiger partial charge in [-0.25, -0.2) is 4.79 Å². The lowest BCUT2D eigenvalue weighted by atomic mass is 10.0. The second kappa shape index (κ2) is 6.73. The minimum absolute atomic E-state index is 0.142. The summed E-state index contributed by atoms with van der Waals surface area (Å²) < 4.78 is 10.7. The lowest BCUT2D eigenvalue weighted by molar-refractivity contribution is -0.131. The second-order valence-corrected chi connectivity index (χ2v) is 4.13. The summed E-state index contributed by atoms with van der Waals surface area (Å²) >= 11 is 0. The fraction of sp³-hybridized carbons (Fsp3) is 0.188. The molecule has 20 heavy (non-hydrogen) atoms. The number of aliphatic carboxylic acids is 1. The molecule has 0 aromatic heterocycles. The van der Waals surface area contributed by atoms with E-state index in [-0.39, 0.29) is 6.79 Å². The van der Waals surface area contributed by atoms with Gasteiger partial charge < -0.3 is 14.6 Å². The zero-order valence-corrected chi connectivity index (χ0v) is 11.2. The van der Waals surface area contributed by atoms with Gasteiger partial charge >= 0.3 is 5.97 Å². The van der Waals surface area contributed by atoms with Crippen molar-refractivity contribution in [3.05, 3.63) is 48.0 Å². The van der Waals surface area contributed by atoms with E-state index in [0.717, 1.165) is 22.4 Å². The topological polar surface area (TPSA) is 55.8 Å². The number of fused-ring (bicyclic) bond motifs is 1. The van der Waals surface area contributed by atoms with Crippen molar-refractivity contribution >= 4 is 22.8 Å². The summed E-state index contributed by atoms with van der Waals surface area (Å²) in [4.78, 5) is 10.7. The van der Waals surface area contributed by atoms with Gasteiger partial charge in [0, 0.05) is 18.2 Å². The molecule has 0 radical (unpaired) electrons. The molecule has 0 amide bonds. The van der Waals surface area contributed by atoms with E-state index in [1.54, 1.807) is 6.08 Å². The van der Waals surface area contributed by atoms with E-state index in [4.69, 9.17) is 14.6 Å². The first kappa shape index (κ1) is 14.1. The molecular weight excluding hydrogens is 256 g/mol. The van der Waals surface area contributed by atoms with Crippen LogP contribution in [0.5, 0.6) is 5.75 Å². The summed E-state index contributed by atoms with van der Waals surface area (Å²) in [6.45, 7) is 2.59. The van der Waals surface area contributed by atoms with Gasteiger partial charge in [-0.3, -0.25) is 0 Å². The molecule has 0 atom stereocenters. The lowest BCUT2D eigenvalue weighted by Crippen LogP contribution is -2.03. The van der Waals surface area contributed by atoms with Crippen LogP contribution in [0, 0.1) is 0 Å². The Morgan fingerprint density at radius 3 is 2.80 bits per heavy atom. The van der Waals surface area contributed by atoms with Gasteiger partial charge in [-0.05, 0) is 29.8 Å². The summed E-state index contributed by atoms with van der Waals surface area (Å²) in [6, 6.07) is 11.5. The van der Waals surface area contributed by atoms with E-state index in [9.17, 15) is 4.79 Å². The van der Waals surface area contributed by atoms with Crippen LogP contribution in [0.4, 0.5) is 0 Å².